The van der Waals surface area contributed by atoms with E-state index in [1.54, 1.807) is 24.3 Å². The molecule has 118 valence electrons. The Morgan fingerprint density at radius 3 is 1.74 bits per heavy atom. The van der Waals surface area contributed by atoms with Crippen LogP contribution >= 0.6 is 0 Å². The van der Waals surface area contributed by atoms with Crippen LogP contribution in [0.3, 0.4) is 0 Å². The number of benzene rings is 2. The number of carbonyl (C=O) groups is 2. The first-order valence-corrected chi connectivity index (χ1v) is 7.54. The number of hydrogen-bond acceptors (Lipinski definition) is 3. The van der Waals surface area contributed by atoms with E-state index < -0.39 is 12.1 Å². The van der Waals surface area contributed by atoms with Crippen molar-refractivity contribution in [1.82, 2.24) is 10.6 Å². The predicted octanol–water partition coefficient (Wildman–Crippen LogP) is 1.16. The smallest absolute Gasteiger partial charge is 0.243 e. The molecule has 3 N–H and O–H groups in total. The Hall–Kier alpha value is -2.82. The number of nitrogens with one attached hydrogen (secondary N) is 2. The average Bonchev–Trinajstić information content (AvgIpc) is 2.55. The second kappa shape index (κ2) is 6.52. The lowest BCUT2D eigenvalue weighted by Crippen LogP contribution is -2.62. The van der Waals surface area contributed by atoms with Gasteiger partial charge in [-0.2, -0.15) is 0 Å². The molecule has 2 unspecified atom stereocenters. The Bertz CT molecular complexity index is 698. The SMILES string of the molecule is O=C1NC(Cc2ccc(O)cc2)C(=O)NC1Cc1ccccc1. The highest BCUT2D eigenvalue weighted by atomic mass is 16.3. The summed E-state index contributed by atoms with van der Waals surface area (Å²) >= 11 is 0. The number of amides is 2. The first-order valence-electron chi connectivity index (χ1n) is 7.54. The van der Waals surface area contributed by atoms with Crippen molar-refractivity contribution >= 4 is 11.8 Å². The molecule has 1 aliphatic heterocycles. The van der Waals surface area contributed by atoms with Gasteiger partial charge in [0.2, 0.25) is 11.8 Å². The normalized spacial score (nSPS) is 20.7. The molecule has 2 atom stereocenters. The minimum atomic E-state index is -0.584. The first kappa shape index (κ1) is 15.1. The number of piperazine rings is 1. The number of carbonyl (C=O) groups excluding carboxylic acids is 2. The zero-order valence-corrected chi connectivity index (χ0v) is 12.5. The monoisotopic (exact) mass is 310 g/mol. The van der Waals surface area contributed by atoms with Gasteiger partial charge in [-0.1, -0.05) is 42.5 Å². The first-order chi connectivity index (χ1) is 11.1. The maximum Gasteiger partial charge on any atom is 0.243 e. The number of aromatic hydroxyl groups is 1. The maximum absolute atomic E-state index is 12.2. The molecule has 1 aliphatic rings. The Morgan fingerprint density at radius 2 is 1.22 bits per heavy atom. The van der Waals surface area contributed by atoms with E-state index in [2.05, 4.69) is 10.6 Å². The van der Waals surface area contributed by atoms with Gasteiger partial charge in [0.25, 0.3) is 0 Å². The van der Waals surface area contributed by atoms with Gasteiger partial charge in [-0.3, -0.25) is 9.59 Å². The molecule has 0 aliphatic carbocycles. The summed E-state index contributed by atoms with van der Waals surface area (Å²) in [5, 5.41) is 14.9. The summed E-state index contributed by atoms with van der Waals surface area (Å²) in [6, 6.07) is 15.1. The minimum Gasteiger partial charge on any atom is -0.508 e. The molecule has 5 heteroatoms. The van der Waals surface area contributed by atoms with Crippen LogP contribution in [0.25, 0.3) is 0 Å². The molecule has 3 rings (SSSR count). The highest BCUT2D eigenvalue weighted by Gasteiger charge is 2.33. The highest BCUT2D eigenvalue weighted by Crippen LogP contribution is 2.13. The van der Waals surface area contributed by atoms with Crippen molar-refractivity contribution in [2.45, 2.75) is 24.9 Å². The van der Waals surface area contributed by atoms with E-state index in [1.165, 1.54) is 0 Å². The van der Waals surface area contributed by atoms with Gasteiger partial charge in [0.15, 0.2) is 0 Å². The largest absolute Gasteiger partial charge is 0.508 e. The van der Waals surface area contributed by atoms with E-state index in [0.29, 0.717) is 12.8 Å². The minimum absolute atomic E-state index is 0.169. The third-order valence-corrected chi connectivity index (χ3v) is 3.92. The molecule has 2 amide bonds. The van der Waals surface area contributed by atoms with Crippen molar-refractivity contribution in [3.05, 3.63) is 65.7 Å². The second-order valence-electron chi connectivity index (χ2n) is 5.68. The van der Waals surface area contributed by atoms with Crippen molar-refractivity contribution in [2.24, 2.45) is 0 Å². The summed E-state index contributed by atoms with van der Waals surface area (Å²) in [5.74, 6) is -0.176. The molecule has 0 spiro atoms. The third kappa shape index (κ3) is 3.69. The topological polar surface area (TPSA) is 78.4 Å². The van der Waals surface area contributed by atoms with Crippen molar-refractivity contribution in [3.63, 3.8) is 0 Å². The van der Waals surface area contributed by atoms with Crippen molar-refractivity contribution < 1.29 is 14.7 Å². The van der Waals surface area contributed by atoms with Gasteiger partial charge < -0.3 is 15.7 Å². The lowest BCUT2D eigenvalue weighted by Gasteiger charge is -2.29. The Morgan fingerprint density at radius 1 is 0.739 bits per heavy atom. The van der Waals surface area contributed by atoms with E-state index in [4.69, 9.17) is 0 Å². The van der Waals surface area contributed by atoms with Crippen LogP contribution in [0.4, 0.5) is 0 Å². The molecule has 1 saturated heterocycles. The van der Waals surface area contributed by atoms with E-state index >= 15 is 0 Å². The zero-order valence-electron chi connectivity index (χ0n) is 12.5. The van der Waals surface area contributed by atoms with Gasteiger partial charge >= 0.3 is 0 Å². The summed E-state index contributed by atoms with van der Waals surface area (Å²) in [6.45, 7) is 0. The quantitative estimate of drug-likeness (QED) is 0.793. The fourth-order valence-corrected chi connectivity index (χ4v) is 2.68. The van der Waals surface area contributed by atoms with Crippen LogP contribution in [0, 0.1) is 0 Å². The van der Waals surface area contributed by atoms with Crippen molar-refractivity contribution in [3.8, 4) is 5.75 Å². The van der Waals surface area contributed by atoms with E-state index in [1.807, 2.05) is 30.3 Å². The molecule has 0 radical (unpaired) electrons. The van der Waals surface area contributed by atoms with Gasteiger partial charge in [-0.25, -0.2) is 0 Å². The van der Waals surface area contributed by atoms with Gasteiger partial charge in [0.1, 0.15) is 17.8 Å². The number of phenols is 1. The van der Waals surface area contributed by atoms with Crippen molar-refractivity contribution in [1.29, 1.82) is 0 Å². The lowest BCUT2D eigenvalue weighted by molar-refractivity contribution is -0.136. The summed E-state index contributed by atoms with van der Waals surface area (Å²) in [6.07, 6.45) is 0.875. The molecule has 2 aromatic carbocycles. The van der Waals surface area contributed by atoms with Crippen LogP contribution < -0.4 is 10.6 Å². The molecule has 1 fully saturated rings. The van der Waals surface area contributed by atoms with Gasteiger partial charge in [0, 0.05) is 12.8 Å². The summed E-state index contributed by atoms with van der Waals surface area (Å²) in [7, 11) is 0. The van der Waals surface area contributed by atoms with Gasteiger partial charge in [0.05, 0.1) is 0 Å². The molecule has 0 saturated carbocycles. The summed E-state index contributed by atoms with van der Waals surface area (Å²) < 4.78 is 0. The molecular formula is C18H18N2O3. The number of hydrogen-bond donors (Lipinski definition) is 3. The molecule has 2 aromatic rings. The molecule has 0 bridgehead atoms. The molecule has 5 nitrogen and oxygen atoms in total. The van der Waals surface area contributed by atoms with E-state index in [-0.39, 0.29) is 17.6 Å². The summed E-state index contributed by atoms with van der Waals surface area (Å²) in [4.78, 5) is 24.5. The molecular weight excluding hydrogens is 292 g/mol. The summed E-state index contributed by atoms with van der Waals surface area (Å²) in [5.41, 5.74) is 1.88. The molecule has 0 aromatic heterocycles. The fourth-order valence-electron chi connectivity index (χ4n) is 2.68. The van der Waals surface area contributed by atoms with E-state index in [9.17, 15) is 14.7 Å². The van der Waals surface area contributed by atoms with Gasteiger partial charge in [-0.15, -0.1) is 0 Å². The van der Waals surface area contributed by atoms with Gasteiger partial charge in [-0.05, 0) is 23.3 Å². The van der Waals surface area contributed by atoms with E-state index in [0.717, 1.165) is 11.1 Å². The zero-order chi connectivity index (χ0) is 16.2. The molecule has 23 heavy (non-hydrogen) atoms. The van der Waals surface area contributed by atoms with Crippen LogP contribution in [0.2, 0.25) is 0 Å². The fraction of sp³-hybridized carbons (Fsp3) is 0.222. The highest BCUT2D eigenvalue weighted by molar-refractivity contribution is 5.97. The average molecular weight is 310 g/mol. The second-order valence-corrected chi connectivity index (χ2v) is 5.68. The maximum atomic E-state index is 12.2. The third-order valence-electron chi connectivity index (χ3n) is 3.92. The lowest BCUT2D eigenvalue weighted by atomic mass is 9.98. The van der Waals surface area contributed by atoms with Crippen LogP contribution in [0.5, 0.6) is 5.75 Å². The Labute approximate surface area is 134 Å². The predicted molar refractivity (Wildman–Crippen MR) is 85.8 cm³/mol. The van der Waals surface area contributed by atoms with Crippen LogP contribution in [-0.4, -0.2) is 29.0 Å². The van der Waals surface area contributed by atoms with Crippen LogP contribution in [0.15, 0.2) is 54.6 Å². The molecule has 1 heterocycles. The Kier molecular flexibility index (Phi) is 4.28. The number of rotatable bonds is 4. The Balaban J connectivity index is 1.64. The standard InChI is InChI=1S/C18H18N2O3/c21-14-8-6-13(7-9-14)11-16-18(23)19-15(17(22)20-16)10-12-4-2-1-3-5-12/h1-9,15-16,21H,10-11H2,(H,19,23)(H,20,22). The van der Waals surface area contributed by atoms with Crippen LogP contribution in [0.1, 0.15) is 11.1 Å². The van der Waals surface area contributed by atoms with Crippen LogP contribution in [-0.2, 0) is 22.4 Å². The number of phenolic OH excluding ortho intramolecular Hbond substituents is 1. The van der Waals surface area contributed by atoms with Crippen molar-refractivity contribution in [2.75, 3.05) is 0 Å².